The number of hydrogen-bond acceptors (Lipinski definition) is 4. The SMILES string of the molecule is O=S(=O)(Nc1ccc(-c2cn3c(n2)SCC3)cc1)c1ccc(Cl)cc1. The molecule has 0 saturated heterocycles. The molecule has 3 aromatic rings. The zero-order chi connectivity index (χ0) is 17.4. The van der Waals surface area contributed by atoms with Crippen LogP contribution >= 0.6 is 23.4 Å². The Labute approximate surface area is 155 Å². The normalized spacial score (nSPS) is 13.6. The molecule has 0 saturated carbocycles. The number of benzene rings is 2. The van der Waals surface area contributed by atoms with Crippen molar-refractivity contribution in [2.24, 2.45) is 0 Å². The molecule has 5 nitrogen and oxygen atoms in total. The lowest BCUT2D eigenvalue weighted by Gasteiger charge is -2.08. The second-order valence-corrected chi connectivity index (χ2v) is 8.77. The van der Waals surface area contributed by atoms with Gasteiger partial charge in [-0.15, -0.1) is 0 Å². The summed E-state index contributed by atoms with van der Waals surface area (Å²) in [5, 5.41) is 1.52. The van der Waals surface area contributed by atoms with Crippen LogP contribution in [-0.4, -0.2) is 23.7 Å². The summed E-state index contributed by atoms with van der Waals surface area (Å²) in [6.45, 7) is 0.978. The minimum Gasteiger partial charge on any atom is -0.325 e. The number of anilines is 1. The summed E-state index contributed by atoms with van der Waals surface area (Å²) < 4.78 is 29.5. The first-order valence-corrected chi connectivity index (χ1v) is 10.4. The minimum atomic E-state index is -3.64. The lowest BCUT2D eigenvalue weighted by molar-refractivity contribution is 0.601. The molecule has 128 valence electrons. The number of imidazole rings is 1. The predicted octanol–water partition coefficient (Wildman–Crippen LogP) is 4.11. The van der Waals surface area contributed by atoms with E-state index in [9.17, 15) is 8.42 Å². The van der Waals surface area contributed by atoms with E-state index in [0.717, 1.165) is 28.7 Å². The van der Waals surface area contributed by atoms with Crippen molar-refractivity contribution >= 4 is 39.1 Å². The van der Waals surface area contributed by atoms with E-state index in [-0.39, 0.29) is 4.90 Å². The van der Waals surface area contributed by atoms with Gasteiger partial charge in [-0.25, -0.2) is 13.4 Å². The van der Waals surface area contributed by atoms with Crippen molar-refractivity contribution < 1.29 is 8.42 Å². The Bertz CT molecular complexity index is 992. The zero-order valence-corrected chi connectivity index (χ0v) is 15.4. The van der Waals surface area contributed by atoms with E-state index in [1.165, 1.54) is 12.1 Å². The van der Waals surface area contributed by atoms with Crippen molar-refractivity contribution in [3.05, 3.63) is 59.8 Å². The summed E-state index contributed by atoms with van der Waals surface area (Å²) in [6, 6.07) is 13.3. The largest absolute Gasteiger partial charge is 0.325 e. The highest BCUT2D eigenvalue weighted by Gasteiger charge is 2.16. The molecule has 0 spiro atoms. The third-order valence-electron chi connectivity index (χ3n) is 3.86. The van der Waals surface area contributed by atoms with E-state index in [1.807, 2.05) is 18.3 Å². The van der Waals surface area contributed by atoms with Gasteiger partial charge in [-0.05, 0) is 36.4 Å². The number of thioether (sulfide) groups is 1. The molecule has 25 heavy (non-hydrogen) atoms. The maximum Gasteiger partial charge on any atom is 0.261 e. The molecule has 0 unspecified atom stereocenters. The number of aromatic nitrogens is 2. The van der Waals surface area contributed by atoms with Crippen LogP contribution in [0.25, 0.3) is 11.3 Å². The van der Waals surface area contributed by atoms with E-state index in [1.54, 1.807) is 36.0 Å². The second kappa shape index (κ2) is 6.40. The van der Waals surface area contributed by atoms with Gasteiger partial charge in [-0.3, -0.25) is 4.72 Å². The average Bonchev–Trinajstić information content (AvgIpc) is 3.17. The van der Waals surface area contributed by atoms with Crippen molar-refractivity contribution in [1.29, 1.82) is 0 Å². The Morgan fingerprint density at radius 2 is 1.80 bits per heavy atom. The van der Waals surface area contributed by atoms with Crippen molar-refractivity contribution in [2.75, 3.05) is 10.5 Å². The van der Waals surface area contributed by atoms with Gasteiger partial charge < -0.3 is 4.57 Å². The Kier molecular flexibility index (Phi) is 4.23. The average molecular weight is 392 g/mol. The van der Waals surface area contributed by atoms with Crippen LogP contribution in [0.3, 0.4) is 0 Å². The molecule has 0 radical (unpaired) electrons. The zero-order valence-electron chi connectivity index (χ0n) is 13.0. The lowest BCUT2D eigenvalue weighted by Crippen LogP contribution is -2.12. The fourth-order valence-electron chi connectivity index (χ4n) is 2.59. The van der Waals surface area contributed by atoms with Crippen LogP contribution in [0.1, 0.15) is 0 Å². The first-order valence-electron chi connectivity index (χ1n) is 7.60. The van der Waals surface area contributed by atoms with E-state index >= 15 is 0 Å². The van der Waals surface area contributed by atoms with E-state index < -0.39 is 10.0 Å². The lowest BCUT2D eigenvalue weighted by atomic mass is 10.1. The van der Waals surface area contributed by atoms with Gasteiger partial charge in [0.15, 0.2) is 5.16 Å². The molecule has 1 aromatic heterocycles. The Morgan fingerprint density at radius 1 is 1.08 bits per heavy atom. The van der Waals surface area contributed by atoms with Crippen LogP contribution in [0.5, 0.6) is 0 Å². The first-order chi connectivity index (χ1) is 12.0. The molecule has 0 fully saturated rings. The highest BCUT2D eigenvalue weighted by molar-refractivity contribution is 7.99. The maximum atomic E-state index is 12.4. The van der Waals surface area contributed by atoms with Crippen molar-refractivity contribution in [1.82, 2.24) is 9.55 Å². The summed E-state index contributed by atoms with van der Waals surface area (Å²) in [5.74, 6) is 1.06. The molecule has 2 heterocycles. The highest BCUT2D eigenvalue weighted by Crippen LogP contribution is 2.29. The van der Waals surface area contributed by atoms with E-state index in [2.05, 4.69) is 14.3 Å². The monoisotopic (exact) mass is 391 g/mol. The Balaban J connectivity index is 1.54. The summed E-state index contributed by atoms with van der Waals surface area (Å²) in [6.07, 6.45) is 2.03. The molecule has 1 N–H and O–H groups in total. The van der Waals surface area contributed by atoms with Crippen molar-refractivity contribution in [2.45, 2.75) is 16.6 Å². The number of halogens is 1. The van der Waals surface area contributed by atoms with Crippen LogP contribution in [0.2, 0.25) is 5.02 Å². The van der Waals surface area contributed by atoms with Crippen molar-refractivity contribution in [3.8, 4) is 11.3 Å². The molecule has 0 bridgehead atoms. The third-order valence-corrected chi connectivity index (χ3v) is 6.48. The van der Waals surface area contributed by atoms with Crippen LogP contribution in [0.4, 0.5) is 5.69 Å². The smallest absolute Gasteiger partial charge is 0.261 e. The molecule has 8 heteroatoms. The van der Waals surface area contributed by atoms with Gasteiger partial charge in [0.05, 0.1) is 10.6 Å². The van der Waals surface area contributed by atoms with Gasteiger partial charge >= 0.3 is 0 Å². The van der Waals surface area contributed by atoms with Crippen LogP contribution in [-0.2, 0) is 16.6 Å². The number of hydrogen-bond donors (Lipinski definition) is 1. The van der Waals surface area contributed by atoms with Crippen molar-refractivity contribution in [3.63, 3.8) is 0 Å². The highest BCUT2D eigenvalue weighted by atomic mass is 35.5. The quantitative estimate of drug-likeness (QED) is 0.726. The third kappa shape index (κ3) is 3.40. The number of nitrogens with one attached hydrogen (secondary N) is 1. The summed E-state index contributed by atoms with van der Waals surface area (Å²) in [4.78, 5) is 4.77. The molecule has 1 aliphatic heterocycles. The molecule has 0 amide bonds. The number of rotatable bonds is 4. The first kappa shape index (κ1) is 16.5. The standard InChI is InChI=1S/C17H14ClN3O2S2/c18-13-3-7-15(8-4-13)25(22,23)20-14-5-1-12(2-6-14)16-11-21-9-10-24-17(21)19-16/h1-8,11,20H,9-10H2. The molecule has 2 aromatic carbocycles. The Hall–Kier alpha value is -1.96. The van der Waals surface area contributed by atoms with Crippen LogP contribution in [0, 0.1) is 0 Å². The second-order valence-electron chi connectivity index (χ2n) is 5.59. The van der Waals surface area contributed by atoms with Gasteiger partial charge in [0, 0.05) is 34.8 Å². The van der Waals surface area contributed by atoms with E-state index in [0.29, 0.717) is 10.7 Å². The fourth-order valence-corrected chi connectivity index (χ4v) is 4.71. The fraction of sp³-hybridized carbons (Fsp3) is 0.118. The molecule has 4 rings (SSSR count). The van der Waals surface area contributed by atoms with Crippen LogP contribution < -0.4 is 4.72 Å². The predicted molar refractivity (Wildman–Crippen MR) is 101 cm³/mol. The number of fused-ring (bicyclic) bond motifs is 1. The topological polar surface area (TPSA) is 64.0 Å². The van der Waals surface area contributed by atoms with Gasteiger partial charge in [0.2, 0.25) is 0 Å². The number of nitrogens with zero attached hydrogens (tertiary/aromatic N) is 2. The summed E-state index contributed by atoms with van der Waals surface area (Å²) >= 11 is 7.54. The van der Waals surface area contributed by atoms with Gasteiger partial charge in [0.25, 0.3) is 10.0 Å². The molecular weight excluding hydrogens is 378 g/mol. The number of sulfonamides is 1. The molecule has 0 atom stereocenters. The van der Waals surface area contributed by atoms with Gasteiger partial charge in [0.1, 0.15) is 0 Å². The minimum absolute atomic E-state index is 0.170. The van der Waals surface area contributed by atoms with E-state index in [4.69, 9.17) is 11.6 Å². The maximum absolute atomic E-state index is 12.4. The van der Waals surface area contributed by atoms with Crippen LogP contribution in [0.15, 0.2) is 64.8 Å². The summed E-state index contributed by atoms with van der Waals surface area (Å²) in [5.41, 5.74) is 2.35. The molecule has 0 aliphatic carbocycles. The number of aryl methyl sites for hydroxylation is 1. The summed E-state index contributed by atoms with van der Waals surface area (Å²) in [7, 11) is -3.64. The van der Waals surface area contributed by atoms with Gasteiger partial charge in [-0.1, -0.05) is 35.5 Å². The molecular formula is C17H14ClN3O2S2. The molecule has 1 aliphatic rings. The van der Waals surface area contributed by atoms with Gasteiger partial charge in [-0.2, -0.15) is 0 Å². The Morgan fingerprint density at radius 3 is 2.48 bits per heavy atom.